The number of rotatable bonds is 5. The predicted octanol–water partition coefficient (Wildman–Crippen LogP) is 4.01. The molecule has 1 amide bonds. The number of amides is 1. The molecular weight excluding hydrogens is 418 g/mol. The zero-order valence-electron chi connectivity index (χ0n) is 20.1. The molecule has 6 nitrogen and oxygen atoms in total. The molecule has 182 valence electrons. The minimum atomic E-state index is -0.407. The molecule has 1 aromatic carbocycles. The van der Waals surface area contributed by atoms with Crippen molar-refractivity contribution in [2.45, 2.75) is 77.3 Å². The Morgan fingerprint density at radius 3 is 2.64 bits per heavy atom. The third kappa shape index (κ3) is 4.30. The second-order valence-electron chi connectivity index (χ2n) is 11.1. The number of hydrogen-bond donors (Lipinski definition) is 1. The highest BCUT2D eigenvalue weighted by Crippen LogP contribution is 2.62. The predicted molar refractivity (Wildman–Crippen MR) is 125 cm³/mol. The normalized spacial score (nSPS) is 40.7. The molecule has 0 bridgehead atoms. The molecule has 33 heavy (non-hydrogen) atoms. The summed E-state index contributed by atoms with van der Waals surface area (Å²) in [7, 11) is 0. The van der Waals surface area contributed by atoms with E-state index in [2.05, 4.69) is 13.8 Å². The van der Waals surface area contributed by atoms with Crippen molar-refractivity contribution in [1.29, 1.82) is 0 Å². The maximum atomic E-state index is 13.0. The van der Waals surface area contributed by atoms with E-state index >= 15 is 0 Å². The standard InChI is InChI=1S/C27H39NO5/c1-26-13-12-23-27(2,18-32-25(33-23)17-31-19-8-4-3-5-9-19)22(26)11-10-21(29)20(26)16-24(30)28-14-6-7-15-28/h3-5,8-9,20-23,25,29H,6-7,10-18H2,1-2H3/t20-,21+,22-,23+,25+,26-,27-/m0/s1. The van der Waals surface area contributed by atoms with Gasteiger partial charge in [-0.3, -0.25) is 4.79 Å². The maximum absolute atomic E-state index is 13.0. The van der Waals surface area contributed by atoms with Crippen molar-refractivity contribution in [3.05, 3.63) is 30.3 Å². The van der Waals surface area contributed by atoms with Crippen LogP contribution in [0.3, 0.4) is 0 Å². The summed E-state index contributed by atoms with van der Waals surface area (Å²) in [6.45, 7) is 7.36. The first-order chi connectivity index (χ1) is 15.9. The van der Waals surface area contributed by atoms with Crippen LogP contribution in [0.25, 0.3) is 0 Å². The number of ether oxygens (including phenoxy) is 3. The minimum Gasteiger partial charge on any atom is -0.488 e. The van der Waals surface area contributed by atoms with Crippen LogP contribution >= 0.6 is 0 Å². The minimum absolute atomic E-state index is 0.00117. The molecule has 6 heteroatoms. The molecule has 0 aromatic heterocycles. The molecule has 2 heterocycles. The summed E-state index contributed by atoms with van der Waals surface area (Å²) in [5.74, 6) is 1.40. The molecule has 4 aliphatic rings. The van der Waals surface area contributed by atoms with Gasteiger partial charge in [0.2, 0.25) is 5.91 Å². The molecule has 2 saturated heterocycles. The quantitative estimate of drug-likeness (QED) is 0.724. The summed E-state index contributed by atoms with van der Waals surface area (Å²) < 4.78 is 18.5. The molecule has 2 aliphatic carbocycles. The summed E-state index contributed by atoms with van der Waals surface area (Å²) in [5.41, 5.74) is -0.205. The molecule has 0 radical (unpaired) electrons. The Bertz CT molecular complexity index is 827. The van der Waals surface area contributed by atoms with Gasteiger partial charge in [-0.15, -0.1) is 0 Å². The lowest BCUT2D eigenvalue weighted by Gasteiger charge is -2.63. The third-order valence-corrected chi connectivity index (χ3v) is 9.21. The van der Waals surface area contributed by atoms with Gasteiger partial charge in [-0.1, -0.05) is 32.0 Å². The number of carbonyl (C=O) groups excluding carboxylic acids is 1. The highest BCUT2D eigenvalue weighted by atomic mass is 16.7. The number of carbonyl (C=O) groups is 1. The average molecular weight is 458 g/mol. The van der Waals surface area contributed by atoms with E-state index in [1.807, 2.05) is 35.2 Å². The Morgan fingerprint density at radius 2 is 1.88 bits per heavy atom. The Morgan fingerprint density at radius 1 is 1.12 bits per heavy atom. The van der Waals surface area contributed by atoms with Gasteiger partial charge in [0.15, 0.2) is 6.29 Å². The van der Waals surface area contributed by atoms with E-state index in [0.29, 0.717) is 25.6 Å². The van der Waals surface area contributed by atoms with Crippen LogP contribution in [0.15, 0.2) is 30.3 Å². The van der Waals surface area contributed by atoms with Crippen LogP contribution in [-0.4, -0.2) is 60.7 Å². The molecule has 2 aliphatic heterocycles. The van der Waals surface area contributed by atoms with E-state index in [1.54, 1.807) is 0 Å². The largest absolute Gasteiger partial charge is 0.488 e. The van der Waals surface area contributed by atoms with Gasteiger partial charge in [0.1, 0.15) is 12.4 Å². The van der Waals surface area contributed by atoms with Crippen LogP contribution in [0.4, 0.5) is 0 Å². The van der Waals surface area contributed by atoms with E-state index in [9.17, 15) is 9.90 Å². The van der Waals surface area contributed by atoms with Gasteiger partial charge in [0.05, 0.1) is 18.8 Å². The summed E-state index contributed by atoms with van der Waals surface area (Å²) in [6.07, 6.45) is 5.60. The van der Waals surface area contributed by atoms with E-state index in [-0.39, 0.29) is 35.0 Å². The number of benzene rings is 1. The van der Waals surface area contributed by atoms with E-state index in [1.165, 1.54) is 0 Å². The van der Waals surface area contributed by atoms with Crippen molar-refractivity contribution >= 4 is 5.91 Å². The fourth-order valence-electron chi connectivity index (χ4n) is 7.34. The number of likely N-dealkylation sites (tertiary alicyclic amines) is 1. The van der Waals surface area contributed by atoms with Gasteiger partial charge in [-0.05, 0) is 67.9 Å². The first-order valence-electron chi connectivity index (χ1n) is 12.8. The van der Waals surface area contributed by atoms with Gasteiger partial charge in [0.25, 0.3) is 0 Å². The molecule has 0 spiro atoms. The molecule has 1 N–H and O–H groups in total. The van der Waals surface area contributed by atoms with Crippen molar-refractivity contribution < 1.29 is 24.1 Å². The van der Waals surface area contributed by atoms with Gasteiger partial charge in [0, 0.05) is 24.9 Å². The number of hydrogen-bond acceptors (Lipinski definition) is 5. The van der Waals surface area contributed by atoms with E-state index in [0.717, 1.165) is 57.4 Å². The lowest BCUT2D eigenvalue weighted by molar-refractivity contribution is -0.313. The summed E-state index contributed by atoms with van der Waals surface area (Å²) >= 11 is 0. The molecular formula is C27H39NO5. The molecule has 0 unspecified atom stereocenters. The lowest BCUT2D eigenvalue weighted by Crippen LogP contribution is -2.63. The second-order valence-corrected chi connectivity index (χ2v) is 11.1. The number of aliphatic hydroxyl groups excluding tert-OH is 1. The lowest BCUT2D eigenvalue weighted by atomic mass is 9.46. The van der Waals surface area contributed by atoms with Gasteiger partial charge in [-0.2, -0.15) is 0 Å². The maximum Gasteiger partial charge on any atom is 0.222 e. The smallest absolute Gasteiger partial charge is 0.222 e. The highest BCUT2D eigenvalue weighted by molar-refractivity contribution is 5.76. The second kappa shape index (κ2) is 9.20. The van der Waals surface area contributed by atoms with Crippen molar-refractivity contribution in [2.75, 3.05) is 26.3 Å². The van der Waals surface area contributed by atoms with Crippen molar-refractivity contribution in [2.24, 2.45) is 22.7 Å². The molecule has 2 saturated carbocycles. The summed E-state index contributed by atoms with van der Waals surface area (Å²) in [4.78, 5) is 15.0. The van der Waals surface area contributed by atoms with Crippen molar-refractivity contribution in [3.63, 3.8) is 0 Å². The fraction of sp³-hybridized carbons (Fsp3) is 0.741. The molecule has 1 aromatic rings. The number of fused-ring (bicyclic) bond motifs is 3. The van der Waals surface area contributed by atoms with Gasteiger partial charge in [-0.25, -0.2) is 0 Å². The van der Waals surface area contributed by atoms with E-state index < -0.39 is 6.10 Å². The Balaban J connectivity index is 1.27. The molecule has 5 rings (SSSR count). The zero-order valence-corrected chi connectivity index (χ0v) is 20.1. The summed E-state index contributed by atoms with van der Waals surface area (Å²) in [5, 5.41) is 11.0. The fourth-order valence-corrected chi connectivity index (χ4v) is 7.34. The van der Waals surface area contributed by atoms with Crippen molar-refractivity contribution in [3.8, 4) is 5.75 Å². The van der Waals surface area contributed by atoms with E-state index in [4.69, 9.17) is 14.2 Å². The monoisotopic (exact) mass is 457 g/mol. The van der Waals surface area contributed by atoms with Crippen LogP contribution in [0.2, 0.25) is 0 Å². The number of nitrogens with zero attached hydrogens (tertiary/aromatic N) is 1. The van der Waals surface area contributed by atoms with Crippen LogP contribution < -0.4 is 4.74 Å². The van der Waals surface area contributed by atoms with Crippen LogP contribution in [0.1, 0.15) is 58.8 Å². The van der Waals surface area contributed by atoms with Crippen LogP contribution in [0.5, 0.6) is 5.75 Å². The average Bonchev–Trinajstić information content (AvgIpc) is 3.36. The topological polar surface area (TPSA) is 68.2 Å². The van der Waals surface area contributed by atoms with Crippen molar-refractivity contribution in [1.82, 2.24) is 4.90 Å². The number of aliphatic hydroxyl groups is 1. The third-order valence-electron chi connectivity index (χ3n) is 9.21. The zero-order chi connectivity index (χ0) is 23.1. The number of para-hydroxylation sites is 1. The van der Waals surface area contributed by atoms with Crippen LogP contribution in [0, 0.1) is 22.7 Å². The van der Waals surface area contributed by atoms with Gasteiger partial charge >= 0.3 is 0 Å². The SMILES string of the molecule is C[C@@]12CO[C@@H](COc3ccccc3)O[C@@H]1CC[C@]1(C)[C@@H]2CC[C@@H](O)[C@@H]1CC(=O)N1CCCC1. The first kappa shape index (κ1) is 23.1. The first-order valence-corrected chi connectivity index (χ1v) is 12.8. The molecule has 7 atom stereocenters. The van der Waals surface area contributed by atoms with Crippen LogP contribution in [-0.2, 0) is 14.3 Å². The Kier molecular flexibility index (Phi) is 6.45. The molecule has 4 fully saturated rings. The highest BCUT2D eigenvalue weighted by Gasteiger charge is 2.61. The summed E-state index contributed by atoms with van der Waals surface area (Å²) in [6, 6.07) is 9.77. The Labute approximate surface area is 197 Å². The Hall–Kier alpha value is -1.63. The van der Waals surface area contributed by atoms with Gasteiger partial charge < -0.3 is 24.2 Å².